The van der Waals surface area contributed by atoms with Gasteiger partial charge in [-0.2, -0.15) is 0 Å². The molecule has 212 valence electrons. The molecule has 2 unspecified atom stereocenters. The van der Waals surface area contributed by atoms with Gasteiger partial charge in [0.15, 0.2) is 0 Å². The maximum absolute atomic E-state index is 13.8. The second-order valence-corrected chi connectivity index (χ2v) is 12.9. The molecule has 0 saturated carbocycles. The van der Waals surface area contributed by atoms with Crippen LogP contribution in [-0.4, -0.2) is 62.4 Å². The number of carbonyl (C=O) groups is 2. The largest absolute Gasteiger partial charge is 0.325 e. The molecule has 2 fully saturated rings. The van der Waals surface area contributed by atoms with Crippen LogP contribution in [0.15, 0.2) is 65.6 Å². The number of aryl methyl sites for hydroxylation is 1. The van der Waals surface area contributed by atoms with E-state index in [-0.39, 0.29) is 34.7 Å². The molecule has 0 aliphatic carbocycles. The topological polar surface area (TPSA) is 98.8 Å². The summed E-state index contributed by atoms with van der Waals surface area (Å²) in [6.45, 7) is 8.49. The zero-order valence-electron chi connectivity index (χ0n) is 23.4. The maximum Gasteiger partial charge on any atom is 0.320 e. The van der Waals surface area contributed by atoms with Crippen LogP contribution in [0.2, 0.25) is 0 Å². The molecule has 5 rings (SSSR count). The summed E-state index contributed by atoms with van der Waals surface area (Å²) in [5, 5.41) is 4.15. The van der Waals surface area contributed by atoms with Gasteiger partial charge < -0.3 is 15.1 Å². The van der Waals surface area contributed by atoms with Crippen LogP contribution in [-0.2, 0) is 10.0 Å². The Bertz CT molecular complexity index is 1500. The van der Waals surface area contributed by atoms with Crippen molar-refractivity contribution in [2.75, 3.05) is 31.5 Å². The van der Waals surface area contributed by atoms with Crippen LogP contribution in [0.25, 0.3) is 10.8 Å². The first kappa shape index (κ1) is 28.1. The lowest BCUT2D eigenvalue weighted by Crippen LogP contribution is -2.58. The molecule has 9 heteroatoms. The van der Waals surface area contributed by atoms with Gasteiger partial charge in [0.05, 0.1) is 4.90 Å². The van der Waals surface area contributed by atoms with E-state index in [0.717, 1.165) is 37.9 Å². The molecule has 0 radical (unpaired) electrons. The van der Waals surface area contributed by atoms with E-state index in [1.807, 2.05) is 60.9 Å². The molecule has 2 aliphatic heterocycles. The first-order valence-corrected chi connectivity index (χ1v) is 15.6. The van der Waals surface area contributed by atoms with Crippen LogP contribution in [0.4, 0.5) is 10.5 Å². The van der Waals surface area contributed by atoms with E-state index in [1.165, 1.54) is 0 Å². The molecule has 2 aliphatic rings. The molecule has 0 aromatic heterocycles. The number of benzene rings is 3. The summed E-state index contributed by atoms with van der Waals surface area (Å²) in [5.74, 6) is -0.345. The number of anilines is 1. The zero-order chi connectivity index (χ0) is 28.4. The van der Waals surface area contributed by atoms with E-state index in [1.54, 1.807) is 30.3 Å². The van der Waals surface area contributed by atoms with Gasteiger partial charge in [-0.3, -0.25) is 4.79 Å². The van der Waals surface area contributed by atoms with Gasteiger partial charge in [-0.25, -0.2) is 17.9 Å². The number of amides is 3. The van der Waals surface area contributed by atoms with Crippen LogP contribution in [0.3, 0.4) is 0 Å². The number of nitrogens with zero attached hydrogens (tertiary/aromatic N) is 2. The average molecular weight is 563 g/mol. The highest BCUT2D eigenvalue weighted by Crippen LogP contribution is 2.32. The normalized spacial score (nSPS) is 21.8. The first-order chi connectivity index (χ1) is 19.2. The summed E-state index contributed by atoms with van der Waals surface area (Å²) >= 11 is 0. The lowest BCUT2D eigenvalue weighted by atomic mass is 9.86. The molecule has 2 heterocycles. The third-order valence-electron chi connectivity index (χ3n) is 8.24. The number of hydrogen-bond acceptors (Lipinski definition) is 4. The van der Waals surface area contributed by atoms with Crippen LogP contribution in [0.5, 0.6) is 0 Å². The van der Waals surface area contributed by atoms with Crippen molar-refractivity contribution < 1.29 is 18.0 Å². The molecule has 3 amide bonds. The SMILES string of the molecule is Cc1ccccc1C(=O)Nc1ccc(S(=O)(=O)NC2C(C)CN(C(=O)N3CCCCC3)C[C@@H]2C)c2ccccc12. The van der Waals surface area contributed by atoms with Crippen molar-refractivity contribution in [1.82, 2.24) is 14.5 Å². The predicted molar refractivity (Wildman–Crippen MR) is 158 cm³/mol. The molecule has 2 N–H and O–H groups in total. The van der Waals surface area contributed by atoms with Crippen molar-refractivity contribution in [2.45, 2.75) is 51.0 Å². The molecule has 0 spiro atoms. The minimum Gasteiger partial charge on any atom is -0.325 e. The lowest BCUT2D eigenvalue weighted by Gasteiger charge is -2.43. The van der Waals surface area contributed by atoms with E-state index in [9.17, 15) is 18.0 Å². The summed E-state index contributed by atoms with van der Waals surface area (Å²) in [5.41, 5.74) is 1.98. The van der Waals surface area contributed by atoms with Gasteiger partial charge >= 0.3 is 6.03 Å². The third kappa shape index (κ3) is 5.71. The summed E-state index contributed by atoms with van der Waals surface area (Å²) in [7, 11) is -3.89. The second kappa shape index (κ2) is 11.6. The van der Waals surface area contributed by atoms with Crippen LogP contribution in [0.1, 0.15) is 49.0 Å². The minimum atomic E-state index is -3.89. The monoisotopic (exact) mass is 562 g/mol. The highest BCUT2D eigenvalue weighted by Gasteiger charge is 2.38. The molecule has 3 atom stereocenters. The Morgan fingerprint density at radius 3 is 2.10 bits per heavy atom. The Kier molecular flexibility index (Phi) is 8.14. The number of rotatable bonds is 5. The van der Waals surface area contributed by atoms with Gasteiger partial charge in [0.1, 0.15) is 0 Å². The Balaban J connectivity index is 1.35. The Morgan fingerprint density at radius 1 is 0.800 bits per heavy atom. The fraction of sp³-hybridized carbons (Fsp3) is 0.419. The van der Waals surface area contributed by atoms with E-state index in [2.05, 4.69) is 10.0 Å². The molecular weight excluding hydrogens is 524 g/mol. The number of likely N-dealkylation sites (tertiary alicyclic amines) is 2. The van der Waals surface area contributed by atoms with Crippen LogP contribution >= 0.6 is 0 Å². The number of fused-ring (bicyclic) bond motifs is 1. The van der Waals surface area contributed by atoms with E-state index < -0.39 is 10.0 Å². The molecular formula is C31H38N4O4S. The van der Waals surface area contributed by atoms with Gasteiger partial charge in [-0.15, -0.1) is 0 Å². The van der Waals surface area contributed by atoms with Crippen molar-refractivity contribution in [3.8, 4) is 0 Å². The maximum atomic E-state index is 13.8. The molecule has 40 heavy (non-hydrogen) atoms. The van der Waals surface area contributed by atoms with Crippen molar-refractivity contribution in [3.05, 3.63) is 71.8 Å². The summed E-state index contributed by atoms with van der Waals surface area (Å²) < 4.78 is 30.5. The van der Waals surface area contributed by atoms with Gasteiger partial charge in [0.2, 0.25) is 10.0 Å². The van der Waals surface area contributed by atoms with Crippen LogP contribution in [0, 0.1) is 18.8 Å². The molecule has 8 nitrogen and oxygen atoms in total. The Hall–Kier alpha value is -3.43. The number of sulfonamides is 1. The van der Waals surface area contributed by atoms with Gasteiger partial charge in [0.25, 0.3) is 5.91 Å². The molecule has 3 aromatic rings. The van der Waals surface area contributed by atoms with Crippen molar-refractivity contribution in [3.63, 3.8) is 0 Å². The standard InChI is InChI=1S/C31H38N4O4S/c1-21-11-5-6-12-24(21)30(36)32-27-15-16-28(26-14-8-7-13-25(26)27)40(38,39)33-29-22(2)19-35(20-23(29)3)31(37)34-17-9-4-10-18-34/h5-8,11-16,22-23,29,33H,4,9-10,17-20H2,1-3H3,(H,32,36)/t22-,23?,29?/m0/s1. The number of nitrogens with one attached hydrogen (secondary N) is 2. The third-order valence-corrected chi connectivity index (χ3v) is 9.76. The fourth-order valence-electron chi connectivity index (χ4n) is 6.11. The van der Waals surface area contributed by atoms with E-state index in [4.69, 9.17) is 0 Å². The van der Waals surface area contributed by atoms with Gasteiger partial charge in [0, 0.05) is 54.2 Å². The second-order valence-electron chi connectivity index (χ2n) is 11.3. The van der Waals surface area contributed by atoms with Gasteiger partial charge in [-0.1, -0.05) is 56.3 Å². The van der Waals surface area contributed by atoms with Crippen molar-refractivity contribution >= 4 is 38.4 Å². The number of piperidine rings is 2. The number of hydrogen-bond donors (Lipinski definition) is 2. The van der Waals surface area contributed by atoms with E-state index in [0.29, 0.717) is 35.1 Å². The molecule has 0 bridgehead atoms. The average Bonchev–Trinajstić information content (AvgIpc) is 2.95. The van der Waals surface area contributed by atoms with Crippen molar-refractivity contribution in [2.24, 2.45) is 11.8 Å². The van der Waals surface area contributed by atoms with Crippen LogP contribution < -0.4 is 10.0 Å². The lowest BCUT2D eigenvalue weighted by molar-refractivity contribution is 0.0941. The first-order valence-electron chi connectivity index (χ1n) is 14.1. The van der Waals surface area contributed by atoms with Gasteiger partial charge in [-0.05, 0) is 61.8 Å². The smallest absolute Gasteiger partial charge is 0.320 e. The predicted octanol–water partition coefficient (Wildman–Crippen LogP) is 5.24. The number of carbonyl (C=O) groups excluding carboxylic acids is 2. The minimum absolute atomic E-state index is 0.0498. The summed E-state index contributed by atoms with van der Waals surface area (Å²) in [4.78, 5) is 30.1. The number of urea groups is 1. The molecule has 3 aromatic carbocycles. The summed E-state index contributed by atoms with van der Waals surface area (Å²) in [6.07, 6.45) is 3.24. The highest BCUT2D eigenvalue weighted by molar-refractivity contribution is 7.89. The molecule has 2 saturated heterocycles. The fourth-order valence-corrected chi connectivity index (χ4v) is 7.77. The highest BCUT2D eigenvalue weighted by atomic mass is 32.2. The Labute approximate surface area is 236 Å². The van der Waals surface area contributed by atoms with Crippen molar-refractivity contribution in [1.29, 1.82) is 0 Å². The zero-order valence-corrected chi connectivity index (χ0v) is 24.2. The summed E-state index contributed by atoms with van der Waals surface area (Å²) in [6, 6.07) is 17.5. The van der Waals surface area contributed by atoms with E-state index >= 15 is 0 Å². The Morgan fingerprint density at radius 2 is 1.43 bits per heavy atom. The quantitative estimate of drug-likeness (QED) is 0.444.